The first-order valence-corrected chi connectivity index (χ1v) is 5.66. The molecule has 1 unspecified atom stereocenters. The van der Waals surface area contributed by atoms with Crippen LogP contribution in [0.5, 0.6) is 0 Å². The third kappa shape index (κ3) is 9.62. The second kappa shape index (κ2) is 9.79. The number of rotatable bonds is 8. The highest BCUT2D eigenvalue weighted by molar-refractivity contribution is 4.83. The van der Waals surface area contributed by atoms with Crippen molar-refractivity contribution in [2.75, 3.05) is 13.1 Å². The summed E-state index contributed by atoms with van der Waals surface area (Å²) in [6, 6.07) is 0. The molecule has 0 fully saturated rings. The van der Waals surface area contributed by atoms with Gasteiger partial charge in [-0.05, 0) is 31.8 Å². The normalized spacial score (nSPS) is 13.8. The molecule has 1 heteroatoms. The lowest BCUT2D eigenvalue weighted by molar-refractivity contribution is 0.531. The lowest BCUT2D eigenvalue weighted by Crippen LogP contribution is -2.12. The molecule has 0 aromatic carbocycles. The van der Waals surface area contributed by atoms with Crippen molar-refractivity contribution in [3.05, 3.63) is 12.2 Å². The first kappa shape index (κ1) is 12.7. The molecule has 0 aliphatic heterocycles. The van der Waals surface area contributed by atoms with Crippen LogP contribution in [0, 0.1) is 5.92 Å². The highest BCUT2D eigenvalue weighted by Gasteiger charge is 1.95. The van der Waals surface area contributed by atoms with Crippen LogP contribution in [-0.4, -0.2) is 13.1 Å². The van der Waals surface area contributed by atoms with Gasteiger partial charge in [-0.1, -0.05) is 45.8 Å². The highest BCUT2D eigenvalue weighted by atomic mass is 14.8. The van der Waals surface area contributed by atoms with Crippen molar-refractivity contribution >= 4 is 0 Å². The van der Waals surface area contributed by atoms with E-state index in [1.54, 1.807) is 0 Å². The molecule has 0 bridgehead atoms. The zero-order chi connectivity index (χ0) is 9.94. The van der Waals surface area contributed by atoms with Crippen molar-refractivity contribution in [1.29, 1.82) is 0 Å². The van der Waals surface area contributed by atoms with Gasteiger partial charge in [-0.15, -0.1) is 0 Å². The number of hydrogen-bond acceptors (Lipinski definition) is 1. The van der Waals surface area contributed by atoms with Crippen LogP contribution in [-0.2, 0) is 0 Å². The van der Waals surface area contributed by atoms with Gasteiger partial charge in [-0.3, -0.25) is 0 Å². The Morgan fingerprint density at radius 2 is 2.00 bits per heavy atom. The fraction of sp³-hybridized carbons (Fsp3) is 0.833. The SMILES string of the molecule is CCCC(C)CC=CCCNCC. The van der Waals surface area contributed by atoms with Crippen LogP contribution < -0.4 is 5.32 Å². The van der Waals surface area contributed by atoms with Crippen molar-refractivity contribution in [2.45, 2.75) is 46.5 Å². The fourth-order valence-corrected chi connectivity index (χ4v) is 1.42. The predicted molar refractivity (Wildman–Crippen MR) is 61.0 cm³/mol. The number of nitrogens with one attached hydrogen (secondary N) is 1. The molecule has 0 saturated carbocycles. The van der Waals surface area contributed by atoms with Crippen molar-refractivity contribution in [1.82, 2.24) is 5.32 Å². The van der Waals surface area contributed by atoms with Crippen LogP contribution in [0.3, 0.4) is 0 Å². The van der Waals surface area contributed by atoms with Crippen LogP contribution >= 0.6 is 0 Å². The van der Waals surface area contributed by atoms with Gasteiger partial charge in [0.2, 0.25) is 0 Å². The van der Waals surface area contributed by atoms with E-state index in [1.165, 1.54) is 25.7 Å². The minimum Gasteiger partial charge on any atom is -0.317 e. The first-order valence-electron chi connectivity index (χ1n) is 5.66. The average Bonchev–Trinajstić information content (AvgIpc) is 2.11. The summed E-state index contributed by atoms with van der Waals surface area (Å²) in [5, 5.41) is 3.31. The van der Waals surface area contributed by atoms with Gasteiger partial charge in [0.05, 0.1) is 0 Å². The Bertz CT molecular complexity index is 118. The Labute approximate surface area is 83.6 Å². The van der Waals surface area contributed by atoms with E-state index in [2.05, 4.69) is 38.2 Å². The summed E-state index contributed by atoms with van der Waals surface area (Å²) < 4.78 is 0. The molecule has 78 valence electrons. The third-order valence-corrected chi connectivity index (χ3v) is 2.22. The van der Waals surface area contributed by atoms with Crippen molar-refractivity contribution < 1.29 is 0 Å². The second-order valence-corrected chi connectivity index (χ2v) is 3.74. The second-order valence-electron chi connectivity index (χ2n) is 3.74. The van der Waals surface area contributed by atoms with Gasteiger partial charge in [-0.2, -0.15) is 0 Å². The summed E-state index contributed by atoms with van der Waals surface area (Å²) >= 11 is 0. The quantitative estimate of drug-likeness (QED) is 0.449. The molecule has 0 heterocycles. The molecule has 0 aliphatic carbocycles. The van der Waals surface area contributed by atoms with Gasteiger partial charge >= 0.3 is 0 Å². The maximum absolute atomic E-state index is 3.31. The summed E-state index contributed by atoms with van der Waals surface area (Å²) in [7, 11) is 0. The summed E-state index contributed by atoms with van der Waals surface area (Å²) in [6.07, 6.45) is 9.73. The topological polar surface area (TPSA) is 12.0 Å². The summed E-state index contributed by atoms with van der Waals surface area (Å²) in [5.41, 5.74) is 0. The van der Waals surface area contributed by atoms with Crippen LogP contribution in [0.2, 0.25) is 0 Å². The zero-order valence-corrected chi connectivity index (χ0v) is 9.47. The maximum Gasteiger partial charge on any atom is -0.00144 e. The molecule has 0 saturated heterocycles. The van der Waals surface area contributed by atoms with Crippen LogP contribution in [0.15, 0.2) is 12.2 Å². The summed E-state index contributed by atoms with van der Waals surface area (Å²) in [6.45, 7) is 8.94. The van der Waals surface area contributed by atoms with E-state index in [1.807, 2.05) is 0 Å². The molecule has 0 aromatic heterocycles. The van der Waals surface area contributed by atoms with Gasteiger partial charge < -0.3 is 5.32 Å². The molecular weight excluding hydrogens is 158 g/mol. The van der Waals surface area contributed by atoms with Gasteiger partial charge in [0, 0.05) is 0 Å². The molecule has 0 rings (SSSR count). The molecule has 1 N–H and O–H groups in total. The molecule has 0 amide bonds. The fourth-order valence-electron chi connectivity index (χ4n) is 1.42. The van der Waals surface area contributed by atoms with Gasteiger partial charge in [-0.25, -0.2) is 0 Å². The average molecular weight is 183 g/mol. The zero-order valence-electron chi connectivity index (χ0n) is 9.47. The largest absolute Gasteiger partial charge is 0.317 e. The molecule has 13 heavy (non-hydrogen) atoms. The monoisotopic (exact) mass is 183 g/mol. The maximum atomic E-state index is 3.31. The molecule has 0 radical (unpaired) electrons. The molecule has 0 aliphatic rings. The first-order chi connectivity index (χ1) is 6.31. The standard InChI is InChI=1S/C12H25N/c1-4-9-12(3)10-7-6-8-11-13-5-2/h6-7,12-13H,4-5,8-11H2,1-3H3. The van der Waals surface area contributed by atoms with E-state index in [-0.39, 0.29) is 0 Å². The van der Waals surface area contributed by atoms with Crippen molar-refractivity contribution in [3.8, 4) is 0 Å². The van der Waals surface area contributed by atoms with Gasteiger partial charge in [0.15, 0.2) is 0 Å². The van der Waals surface area contributed by atoms with Gasteiger partial charge in [0.25, 0.3) is 0 Å². The molecular formula is C12H25N. The van der Waals surface area contributed by atoms with E-state index < -0.39 is 0 Å². The number of allylic oxidation sites excluding steroid dienone is 1. The minimum absolute atomic E-state index is 0.861. The van der Waals surface area contributed by atoms with Crippen molar-refractivity contribution in [2.24, 2.45) is 5.92 Å². The van der Waals surface area contributed by atoms with E-state index >= 15 is 0 Å². The van der Waals surface area contributed by atoms with E-state index in [0.717, 1.165) is 19.0 Å². The summed E-state index contributed by atoms with van der Waals surface area (Å²) in [4.78, 5) is 0. The Morgan fingerprint density at radius 3 is 2.62 bits per heavy atom. The van der Waals surface area contributed by atoms with E-state index in [0.29, 0.717) is 0 Å². The highest BCUT2D eigenvalue weighted by Crippen LogP contribution is 2.10. The van der Waals surface area contributed by atoms with Gasteiger partial charge in [0.1, 0.15) is 0 Å². The molecule has 0 aromatic rings. The smallest absolute Gasteiger partial charge is 0.00144 e. The lowest BCUT2D eigenvalue weighted by Gasteiger charge is -2.04. The van der Waals surface area contributed by atoms with Crippen molar-refractivity contribution in [3.63, 3.8) is 0 Å². The molecule has 1 nitrogen and oxygen atoms in total. The molecule has 0 spiro atoms. The lowest BCUT2D eigenvalue weighted by atomic mass is 10.0. The third-order valence-electron chi connectivity index (χ3n) is 2.22. The predicted octanol–water partition coefficient (Wildman–Crippen LogP) is 3.37. The summed E-state index contributed by atoms with van der Waals surface area (Å²) in [5.74, 6) is 0.861. The Balaban J connectivity index is 3.19. The van der Waals surface area contributed by atoms with Crippen LogP contribution in [0.4, 0.5) is 0 Å². The molecule has 1 atom stereocenters. The Hall–Kier alpha value is -0.300. The van der Waals surface area contributed by atoms with Crippen LogP contribution in [0.25, 0.3) is 0 Å². The minimum atomic E-state index is 0.861. The van der Waals surface area contributed by atoms with E-state index in [4.69, 9.17) is 0 Å². The van der Waals surface area contributed by atoms with Crippen LogP contribution in [0.1, 0.15) is 46.5 Å². The van der Waals surface area contributed by atoms with E-state index in [9.17, 15) is 0 Å². The Kier molecular flexibility index (Phi) is 9.56. The number of hydrogen-bond donors (Lipinski definition) is 1. The Morgan fingerprint density at radius 1 is 1.23 bits per heavy atom.